The van der Waals surface area contributed by atoms with Crippen molar-refractivity contribution in [2.45, 2.75) is 12.5 Å². The lowest BCUT2D eigenvalue weighted by molar-refractivity contribution is -0.125. The average molecular weight is 460 g/mol. The van der Waals surface area contributed by atoms with Crippen molar-refractivity contribution in [3.05, 3.63) is 75.6 Å². The zero-order valence-corrected chi connectivity index (χ0v) is 17.4. The van der Waals surface area contributed by atoms with Gasteiger partial charge >= 0.3 is 5.97 Å². The number of aromatic carboxylic acids is 1. The van der Waals surface area contributed by atoms with E-state index in [0.717, 1.165) is 15.6 Å². The zero-order valence-electron chi connectivity index (χ0n) is 15.0. The first-order valence-corrected chi connectivity index (χ1v) is 10.1. The standard InChI is InChI=1S/C21H18BrNO4S/c1-27-17(11-13-5-3-2-4-6-13)19(24)23-20-18(21(25)26)16(12-28-20)14-7-9-15(22)10-8-14/h2-10,12,17H,11H2,1H3,(H,23,24)(H,25,26). The lowest BCUT2D eigenvalue weighted by atomic mass is 10.0. The summed E-state index contributed by atoms with van der Waals surface area (Å²) in [7, 11) is 1.47. The van der Waals surface area contributed by atoms with Gasteiger partial charge in [0.1, 0.15) is 16.7 Å². The minimum Gasteiger partial charge on any atom is -0.478 e. The van der Waals surface area contributed by atoms with E-state index in [-0.39, 0.29) is 11.5 Å². The molecule has 28 heavy (non-hydrogen) atoms. The minimum atomic E-state index is -1.09. The summed E-state index contributed by atoms with van der Waals surface area (Å²) < 4.78 is 6.24. The largest absolute Gasteiger partial charge is 0.478 e. The van der Waals surface area contributed by atoms with Gasteiger partial charge in [-0.15, -0.1) is 11.3 Å². The predicted octanol–water partition coefficient (Wildman–Crippen LogP) is 5.07. The third-order valence-corrected chi connectivity index (χ3v) is 5.66. The molecule has 0 aliphatic carbocycles. The second kappa shape index (κ2) is 9.14. The van der Waals surface area contributed by atoms with E-state index in [2.05, 4.69) is 21.2 Å². The Labute approximate surface area is 175 Å². The van der Waals surface area contributed by atoms with Crippen LogP contribution in [0.2, 0.25) is 0 Å². The normalized spacial score (nSPS) is 11.8. The van der Waals surface area contributed by atoms with Gasteiger partial charge in [-0.1, -0.05) is 58.4 Å². The summed E-state index contributed by atoms with van der Waals surface area (Å²) in [6.45, 7) is 0. The molecule has 0 aliphatic rings. The summed E-state index contributed by atoms with van der Waals surface area (Å²) in [5, 5.41) is 14.5. The van der Waals surface area contributed by atoms with Crippen LogP contribution in [0.1, 0.15) is 15.9 Å². The molecule has 0 aliphatic heterocycles. The maximum absolute atomic E-state index is 12.7. The molecule has 1 aromatic heterocycles. The van der Waals surface area contributed by atoms with Crippen LogP contribution in [0.3, 0.4) is 0 Å². The van der Waals surface area contributed by atoms with Gasteiger partial charge in [-0.05, 0) is 23.3 Å². The van der Waals surface area contributed by atoms with Gasteiger partial charge in [0.05, 0.1) is 0 Å². The fourth-order valence-corrected chi connectivity index (χ4v) is 4.04. The predicted molar refractivity (Wildman–Crippen MR) is 114 cm³/mol. The number of hydrogen-bond acceptors (Lipinski definition) is 4. The summed E-state index contributed by atoms with van der Waals surface area (Å²) in [5.74, 6) is -1.47. The van der Waals surface area contributed by atoms with Crippen LogP contribution in [0, 0.1) is 0 Å². The molecule has 3 rings (SSSR count). The number of ether oxygens (including phenoxy) is 1. The van der Waals surface area contributed by atoms with Crippen LogP contribution in [0.15, 0.2) is 64.5 Å². The molecule has 1 amide bonds. The molecular formula is C21H18BrNO4S. The van der Waals surface area contributed by atoms with Crippen LogP contribution in [-0.4, -0.2) is 30.2 Å². The number of nitrogens with one attached hydrogen (secondary N) is 1. The number of carboxylic acid groups (broad SMARTS) is 1. The molecule has 0 radical (unpaired) electrons. The molecule has 3 aromatic rings. The van der Waals surface area contributed by atoms with Crippen LogP contribution < -0.4 is 5.32 Å². The molecule has 0 saturated carbocycles. The molecule has 0 spiro atoms. The maximum atomic E-state index is 12.7. The summed E-state index contributed by atoms with van der Waals surface area (Å²) >= 11 is 4.56. The molecule has 144 valence electrons. The number of carbonyl (C=O) groups is 2. The number of hydrogen-bond donors (Lipinski definition) is 2. The third kappa shape index (κ3) is 4.67. The van der Waals surface area contributed by atoms with E-state index < -0.39 is 12.1 Å². The number of rotatable bonds is 7. The summed E-state index contributed by atoms with van der Waals surface area (Å²) in [5.41, 5.74) is 2.38. The Morgan fingerprint density at radius 1 is 1.14 bits per heavy atom. The molecular weight excluding hydrogens is 442 g/mol. The highest BCUT2D eigenvalue weighted by Crippen LogP contribution is 2.36. The number of halogens is 1. The van der Waals surface area contributed by atoms with Crippen LogP contribution in [0.25, 0.3) is 11.1 Å². The van der Waals surface area contributed by atoms with E-state index in [4.69, 9.17) is 4.74 Å². The average Bonchev–Trinajstić information content (AvgIpc) is 3.11. The summed E-state index contributed by atoms with van der Waals surface area (Å²) in [6, 6.07) is 16.9. The van der Waals surface area contributed by atoms with Gasteiger partial charge in [0, 0.05) is 28.9 Å². The van der Waals surface area contributed by atoms with E-state index in [1.807, 2.05) is 54.6 Å². The number of methoxy groups -OCH3 is 1. The topological polar surface area (TPSA) is 75.6 Å². The van der Waals surface area contributed by atoms with Gasteiger partial charge in [-0.2, -0.15) is 0 Å². The Hall–Kier alpha value is -2.48. The number of anilines is 1. The first kappa shape index (κ1) is 20.3. The lowest BCUT2D eigenvalue weighted by Crippen LogP contribution is -2.31. The Morgan fingerprint density at radius 3 is 2.43 bits per heavy atom. The lowest BCUT2D eigenvalue weighted by Gasteiger charge is -2.15. The molecule has 1 atom stereocenters. The summed E-state index contributed by atoms with van der Waals surface area (Å²) in [4.78, 5) is 24.6. The highest BCUT2D eigenvalue weighted by atomic mass is 79.9. The number of amides is 1. The summed E-state index contributed by atoms with van der Waals surface area (Å²) in [6.07, 6.45) is -0.321. The molecule has 1 unspecified atom stereocenters. The Kier molecular flexibility index (Phi) is 6.61. The Morgan fingerprint density at radius 2 is 1.82 bits per heavy atom. The quantitative estimate of drug-likeness (QED) is 0.516. The SMILES string of the molecule is COC(Cc1ccccc1)C(=O)Nc1scc(-c2ccc(Br)cc2)c1C(=O)O. The van der Waals surface area contributed by atoms with Gasteiger partial charge in [-0.25, -0.2) is 4.79 Å². The van der Waals surface area contributed by atoms with Crippen LogP contribution in [0.5, 0.6) is 0 Å². The van der Waals surface area contributed by atoms with E-state index in [1.54, 1.807) is 5.38 Å². The van der Waals surface area contributed by atoms with Gasteiger partial charge < -0.3 is 15.2 Å². The van der Waals surface area contributed by atoms with Crippen molar-refractivity contribution in [1.82, 2.24) is 0 Å². The van der Waals surface area contributed by atoms with E-state index in [9.17, 15) is 14.7 Å². The minimum absolute atomic E-state index is 0.0789. The second-order valence-electron chi connectivity index (χ2n) is 6.07. The van der Waals surface area contributed by atoms with E-state index >= 15 is 0 Å². The van der Waals surface area contributed by atoms with Crippen molar-refractivity contribution >= 4 is 44.1 Å². The number of carbonyl (C=O) groups excluding carboxylic acids is 1. The third-order valence-electron chi connectivity index (χ3n) is 4.24. The zero-order chi connectivity index (χ0) is 20.1. The molecule has 5 nitrogen and oxygen atoms in total. The maximum Gasteiger partial charge on any atom is 0.339 e. The molecule has 7 heteroatoms. The van der Waals surface area contributed by atoms with Crippen molar-refractivity contribution in [3.63, 3.8) is 0 Å². The highest BCUT2D eigenvalue weighted by Gasteiger charge is 2.24. The van der Waals surface area contributed by atoms with Gasteiger partial charge in [0.2, 0.25) is 0 Å². The van der Waals surface area contributed by atoms with Crippen molar-refractivity contribution < 1.29 is 19.4 Å². The Balaban J connectivity index is 1.84. The first-order chi connectivity index (χ1) is 13.5. The van der Waals surface area contributed by atoms with Crippen LogP contribution >= 0.6 is 27.3 Å². The van der Waals surface area contributed by atoms with E-state index in [0.29, 0.717) is 17.0 Å². The molecule has 2 aromatic carbocycles. The van der Waals surface area contributed by atoms with Crippen molar-refractivity contribution in [1.29, 1.82) is 0 Å². The first-order valence-electron chi connectivity index (χ1n) is 8.48. The van der Waals surface area contributed by atoms with Crippen molar-refractivity contribution in [2.75, 3.05) is 12.4 Å². The smallest absolute Gasteiger partial charge is 0.339 e. The number of thiophene rings is 1. The fourth-order valence-electron chi connectivity index (χ4n) is 2.81. The van der Waals surface area contributed by atoms with Crippen LogP contribution in [-0.2, 0) is 16.0 Å². The van der Waals surface area contributed by atoms with Crippen LogP contribution in [0.4, 0.5) is 5.00 Å². The van der Waals surface area contributed by atoms with Gasteiger partial charge in [0.25, 0.3) is 5.91 Å². The Bertz CT molecular complexity index is 970. The molecule has 1 heterocycles. The molecule has 2 N–H and O–H groups in total. The second-order valence-corrected chi connectivity index (χ2v) is 7.86. The fraction of sp³-hybridized carbons (Fsp3) is 0.143. The highest BCUT2D eigenvalue weighted by molar-refractivity contribution is 9.10. The van der Waals surface area contributed by atoms with Crippen molar-refractivity contribution in [3.8, 4) is 11.1 Å². The van der Waals surface area contributed by atoms with Gasteiger partial charge in [-0.3, -0.25) is 4.79 Å². The monoisotopic (exact) mass is 459 g/mol. The number of benzene rings is 2. The molecule has 0 fully saturated rings. The van der Waals surface area contributed by atoms with Gasteiger partial charge in [0.15, 0.2) is 0 Å². The number of carboxylic acids is 1. The van der Waals surface area contributed by atoms with E-state index in [1.165, 1.54) is 18.4 Å². The van der Waals surface area contributed by atoms with Crippen molar-refractivity contribution in [2.24, 2.45) is 0 Å². The molecule has 0 bridgehead atoms. The molecule has 0 saturated heterocycles.